The maximum Gasteiger partial charge on any atom is 0.409 e. The van der Waals surface area contributed by atoms with Crippen LogP contribution in [0.15, 0.2) is 42.7 Å². The minimum Gasteiger partial charge on any atom is -0.486 e. The fourth-order valence-electron chi connectivity index (χ4n) is 4.42. The van der Waals surface area contributed by atoms with E-state index in [0.717, 1.165) is 28.0 Å². The van der Waals surface area contributed by atoms with Crippen molar-refractivity contribution in [2.45, 2.75) is 20.0 Å². The number of hydrogen-bond acceptors (Lipinski definition) is 7. The summed E-state index contributed by atoms with van der Waals surface area (Å²) in [7, 11) is 0. The van der Waals surface area contributed by atoms with E-state index in [2.05, 4.69) is 25.1 Å². The number of pyridine rings is 2. The molecule has 1 saturated heterocycles. The smallest absolute Gasteiger partial charge is 0.409 e. The molecule has 1 fully saturated rings. The van der Waals surface area contributed by atoms with Crippen LogP contribution in [0.2, 0.25) is 10.0 Å². The zero-order valence-electron chi connectivity index (χ0n) is 20.7. The van der Waals surface area contributed by atoms with Gasteiger partial charge in [-0.1, -0.05) is 23.2 Å². The Morgan fingerprint density at radius 2 is 1.92 bits per heavy atom. The number of amides is 1. The van der Waals surface area contributed by atoms with Crippen molar-refractivity contribution < 1.29 is 18.7 Å². The molecule has 0 aliphatic carbocycles. The second-order valence-electron chi connectivity index (χ2n) is 8.74. The summed E-state index contributed by atoms with van der Waals surface area (Å²) in [4.78, 5) is 24.0. The standard InChI is InChI=1S/C26H25Cl2FN6O3/c1-3-37-26(36)35-10-8-34(9-11-35)21-7-4-16(13-30-21)24-18-12-17(5-6-20(18)32-33-24)38-15(2)22-19(27)14-31-25(29)23(22)28/h4-7,12-15H,3,8-11H2,1-2H3,(H,32,33)/t15-/m1/s1. The normalized spacial score (nSPS) is 14.6. The predicted molar refractivity (Wildman–Crippen MR) is 143 cm³/mol. The molecule has 5 rings (SSSR count). The molecule has 0 unspecified atom stereocenters. The summed E-state index contributed by atoms with van der Waals surface area (Å²) in [5, 5.41) is 8.42. The molecule has 9 nitrogen and oxygen atoms in total. The average molecular weight is 559 g/mol. The molecule has 1 aliphatic rings. The quantitative estimate of drug-likeness (QED) is 0.295. The van der Waals surface area contributed by atoms with E-state index in [0.29, 0.717) is 44.1 Å². The van der Waals surface area contributed by atoms with Crippen LogP contribution in [-0.4, -0.2) is 63.9 Å². The summed E-state index contributed by atoms with van der Waals surface area (Å²) in [6.45, 7) is 6.40. The number of carbonyl (C=O) groups is 1. The number of piperazine rings is 1. The first kappa shape index (κ1) is 26.0. The van der Waals surface area contributed by atoms with Gasteiger partial charge in [0.1, 0.15) is 28.4 Å². The fraction of sp³-hybridized carbons (Fsp3) is 0.308. The lowest BCUT2D eigenvalue weighted by Gasteiger charge is -2.34. The van der Waals surface area contributed by atoms with Gasteiger partial charge in [0.2, 0.25) is 5.95 Å². The molecule has 0 saturated carbocycles. The lowest BCUT2D eigenvalue weighted by molar-refractivity contribution is 0.105. The van der Waals surface area contributed by atoms with Crippen LogP contribution in [0.5, 0.6) is 5.75 Å². The van der Waals surface area contributed by atoms with E-state index in [-0.39, 0.29) is 16.1 Å². The van der Waals surface area contributed by atoms with Crippen LogP contribution in [-0.2, 0) is 4.74 Å². The number of aromatic nitrogens is 4. The van der Waals surface area contributed by atoms with Gasteiger partial charge in [-0.3, -0.25) is 5.10 Å². The van der Waals surface area contributed by atoms with Crippen molar-refractivity contribution in [3.05, 3.63) is 64.3 Å². The number of H-pyrrole nitrogens is 1. The summed E-state index contributed by atoms with van der Waals surface area (Å²) in [5.41, 5.74) is 2.70. The van der Waals surface area contributed by atoms with E-state index in [4.69, 9.17) is 32.7 Å². The molecule has 1 atom stereocenters. The van der Waals surface area contributed by atoms with Crippen LogP contribution in [0.1, 0.15) is 25.5 Å². The van der Waals surface area contributed by atoms with Gasteiger partial charge in [0.25, 0.3) is 0 Å². The van der Waals surface area contributed by atoms with Gasteiger partial charge < -0.3 is 19.3 Å². The Hall–Kier alpha value is -3.63. The Labute approximate surface area is 228 Å². The second kappa shape index (κ2) is 11.0. The number of fused-ring (bicyclic) bond motifs is 1. The van der Waals surface area contributed by atoms with Crippen molar-refractivity contribution in [3.8, 4) is 17.0 Å². The third-order valence-electron chi connectivity index (χ3n) is 6.37. The van der Waals surface area contributed by atoms with Gasteiger partial charge in [0.05, 0.1) is 17.1 Å². The Balaban J connectivity index is 1.32. The summed E-state index contributed by atoms with van der Waals surface area (Å²) in [5.74, 6) is 0.570. The number of benzene rings is 1. The molecule has 3 aromatic heterocycles. The van der Waals surface area contributed by atoms with Crippen molar-refractivity contribution in [1.82, 2.24) is 25.1 Å². The van der Waals surface area contributed by atoms with E-state index in [1.165, 1.54) is 6.20 Å². The van der Waals surface area contributed by atoms with E-state index in [9.17, 15) is 9.18 Å². The van der Waals surface area contributed by atoms with E-state index in [1.807, 2.05) is 24.3 Å². The van der Waals surface area contributed by atoms with Crippen LogP contribution in [0, 0.1) is 5.95 Å². The van der Waals surface area contributed by atoms with Gasteiger partial charge in [-0.15, -0.1) is 0 Å². The highest BCUT2D eigenvalue weighted by molar-refractivity contribution is 6.35. The van der Waals surface area contributed by atoms with Gasteiger partial charge >= 0.3 is 6.09 Å². The molecule has 1 amide bonds. The Morgan fingerprint density at radius 1 is 1.13 bits per heavy atom. The first-order valence-electron chi connectivity index (χ1n) is 12.1. The minimum absolute atomic E-state index is 0.163. The van der Waals surface area contributed by atoms with Crippen LogP contribution in [0.4, 0.5) is 15.0 Å². The Kier molecular flexibility index (Phi) is 7.53. The molecule has 12 heteroatoms. The summed E-state index contributed by atoms with van der Waals surface area (Å²) in [6, 6.07) is 9.41. The van der Waals surface area contributed by atoms with Gasteiger partial charge in [0.15, 0.2) is 0 Å². The molecule has 198 valence electrons. The predicted octanol–water partition coefficient (Wildman–Crippen LogP) is 5.88. The largest absolute Gasteiger partial charge is 0.486 e. The Bertz CT molecular complexity index is 1460. The summed E-state index contributed by atoms with van der Waals surface area (Å²) >= 11 is 12.3. The monoisotopic (exact) mass is 558 g/mol. The molecule has 1 aliphatic heterocycles. The number of anilines is 1. The molecule has 0 spiro atoms. The Morgan fingerprint density at radius 3 is 2.63 bits per heavy atom. The van der Waals surface area contributed by atoms with E-state index < -0.39 is 12.1 Å². The SMILES string of the molecule is CCOC(=O)N1CCN(c2ccc(-c3n[nH]c4ccc(O[C@H](C)c5c(Cl)cnc(F)c5Cl)cc34)cn2)CC1. The highest BCUT2D eigenvalue weighted by Gasteiger charge is 2.23. The number of nitrogens with zero attached hydrogens (tertiary/aromatic N) is 5. The van der Waals surface area contributed by atoms with Crippen LogP contribution < -0.4 is 9.64 Å². The molecule has 38 heavy (non-hydrogen) atoms. The molecular formula is C26H25Cl2FN6O3. The maximum absolute atomic E-state index is 13.9. The fourth-order valence-corrected chi connectivity index (χ4v) is 5.07. The second-order valence-corrected chi connectivity index (χ2v) is 9.53. The van der Waals surface area contributed by atoms with Crippen molar-refractivity contribution in [2.75, 3.05) is 37.7 Å². The molecule has 4 aromatic rings. The summed E-state index contributed by atoms with van der Waals surface area (Å²) in [6.07, 6.45) is 2.09. The van der Waals surface area contributed by atoms with Crippen LogP contribution in [0.3, 0.4) is 0 Å². The van der Waals surface area contributed by atoms with Crippen molar-refractivity contribution >= 4 is 46.0 Å². The zero-order valence-corrected chi connectivity index (χ0v) is 22.3. The van der Waals surface area contributed by atoms with E-state index >= 15 is 0 Å². The number of ether oxygens (including phenoxy) is 2. The molecular weight excluding hydrogens is 534 g/mol. The van der Waals surface area contributed by atoms with Gasteiger partial charge in [0, 0.05) is 55.1 Å². The highest BCUT2D eigenvalue weighted by atomic mass is 35.5. The number of nitrogens with one attached hydrogen (secondary N) is 1. The number of carbonyl (C=O) groups excluding carboxylic acids is 1. The van der Waals surface area contributed by atoms with Crippen LogP contribution >= 0.6 is 23.2 Å². The third kappa shape index (κ3) is 5.19. The highest BCUT2D eigenvalue weighted by Crippen LogP contribution is 2.36. The van der Waals surface area contributed by atoms with Crippen LogP contribution in [0.25, 0.3) is 22.2 Å². The van der Waals surface area contributed by atoms with Crippen molar-refractivity contribution in [1.29, 1.82) is 0 Å². The number of aromatic amines is 1. The molecule has 4 heterocycles. The van der Waals surface area contributed by atoms with Gasteiger partial charge in [-0.2, -0.15) is 9.49 Å². The number of halogens is 3. The number of hydrogen-bond donors (Lipinski definition) is 1. The first-order chi connectivity index (χ1) is 18.4. The topological polar surface area (TPSA) is 96.5 Å². The van der Waals surface area contributed by atoms with Gasteiger partial charge in [-0.05, 0) is 44.2 Å². The first-order valence-corrected chi connectivity index (χ1v) is 12.9. The number of rotatable bonds is 6. The third-order valence-corrected chi connectivity index (χ3v) is 7.03. The molecule has 1 aromatic carbocycles. The zero-order chi connectivity index (χ0) is 26.8. The van der Waals surface area contributed by atoms with E-state index in [1.54, 1.807) is 31.0 Å². The lowest BCUT2D eigenvalue weighted by atomic mass is 10.1. The molecule has 0 radical (unpaired) electrons. The molecule has 1 N–H and O–H groups in total. The minimum atomic E-state index is -0.800. The lowest BCUT2D eigenvalue weighted by Crippen LogP contribution is -2.49. The van der Waals surface area contributed by atoms with Crippen molar-refractivity contribution in [3.63, 3.8) is 0 Å². The summed E-state index contributed by atoms with van der Waals surface area (Å²) < 4.78 is 25.0. The van der Waals surface area contributed by atoms with Crippen molar-refractivity contribution in [2.24, 2.45) is 0 Å². The molecule has 0 bridgehead atoms. The average Bonchev–Trinajstić information content (AvgIpc) is 3.35. The van der Waals surface area contributed by atoms with Gasteiger partial charge in [-0.25, -0.2) is 14.8 Å². The maximum atomic E-state index is 13.9.